The molecule has 0 saturated carbocycles. The molecule has 0 aliphatic rings. The molecule has 1 N–H and O–H groups in total. The van der Waals surface area contributed by atoms with Crippen LogP contribution in [0.1, 0.15) is 5.56 Å². The molecule has 2 aromatic heterocycles. The Balaban J connectivity index is 1.95. The van der Waals surface area contributed by atoms with E-state index in [1.807, 2.05) is 49.4 Å². The lowest BCUT2D eigenvalue weighted by molar-refractivity contribution is 1.25. The maximum Gasteiger partial charge on any atom is 0.132 e. The number of nitrogens with zero attached hydrogens (tertiary/aromatic N) is 2. The summed E-state index contributed by atoms with van der Waals surface area (Å²) < 4.78 is 0. The zero-order chi connectivity index (χ0) is 13.2. The highest BCUT2D eigenvalue weighted by Crippen LogP contribution is 2.21. The summed E-state index contributed by atoms with van der Waals surface area (Å²) in [6.45, 7) is 2.03. The molecule has 0 spiro atoms. The van der Waals surface area contributed by atoms with Crippen molar-refractivity contribution in [2.75, 3.05) is 5.32 Å². The standard InChI is InChI=1S/C15H12ClN3/c1-10-6-7-17-15(8-10)19-14-5-2-11-9-12(16)3-4-13(11)18-14/h2-9H,1H3,(H,17,18,19). The van der Waals surface area contributed by atoms with Crippen LogP contribution < -0.4 is 5.32 Å². The SMILES string of the molecule is Cc1ccnc(Nc2ccc3cc(Cl)ccc3n2)c1. The number of aryl methyl sites for hydroxylation is 1. The first kappa shape index (κ1) is 11.9. The minimum Gasteiger partial charge on any atom is -0.325 e. The van der Waals surface area contributed by atoms with Gasteiger partial charge in [-0.1, -0.05) is 11.6 Å². The minimum atomic E-state index is 0.718. The Bertz CT molecular complexity index is 740. The van der Waals surface area contributed by atoms with Crippen LogP contribution in [0, 0.1) is 6.92 Å². The zero-order valence-corrected chi connectivity index (χ0v) is 11.1. The maximum atomic E-state index is 5.95. The molecule has 1 aromatic carbocycles. The molecule has 4 heteroatoms. The van der Waals surface area contributed by atoms with Crippen molar-refractivity contribution in [3.05, 3.63) is 59.2 Å². The largest absolute Gasteiger partial charge is 0.325 e. The molecular weight excluding hydrogens is 258 g/mol. The predicted octanol–water partition coefficient (Wildman–Crippen LogP) is 4.34. The van der Waals surface area contributed by atoms with E-state index in [1.54, 1.807) is 6.20 Å². The number of anilines is 2. The number of hydrogen-bond donors (Lipinski definition) is 1. The van der Waals surface area contributed by atoms with Crippen LogP contribution in [0.25, 0.3) is 10.9 Å². The number of hydrogen-bond acceptors (Lipinski definition) is 3. The molecule has 0 saturated heterocycles. The molecule has 3 rings (SSSR count). The average molecular weight is 270 g/mol. The molecule has 0 radical (unpaired) electrons. The number of fused-ring (bicyclic) bond motifs is 1. The zero-order valence-electron chi connectivity index (χ0n) is 10.4. The summed E-state index contributed by atoms with van der Waals surface area (Å²) in [6, 6.07) is 13.5. The van der Waals surface area contributed by atoms with E-state index in [4.69, 9.17) is 11.6 Å². The van der Waals surface area contributed by atoms with Gasteiger partial charge >= 0.3 is 0 Å². The first-order valence-corrected chi connectivity index (χ1v) is 6.34. The van der Waals surface area contributed by atoms with Crippen LogP contribution in [0.5, 0.6) is 0 Å². The Hall–Kier alpha value is -2.13. The molecule has 0 atom stereocenters. The van der Waals surface area contributed by atoms with Gasteiger partial charge in [-0.25, -0.2) is 9.97 Å². The summed E-state index contributed by atoms with van der Waals surface area (Å²) >= 11 is 5.95. The molecule has 3 aromatic rings. The highest BCUT2D eigenvalue weighted by atomic mass is 35.5. The molecule has 94 valence electrons. The Morgan fingerprint density at radius 1 is 1.00 bits per heavy atom. The first-order chi connectivity index (χ1) is 9.20. The third-order valence-corrected chi connectivity index (χ3v) is 3.06. The smallest absolute Gasteiger partial charge is 0.132 e. The fraction of sp³-hybridized carbons (Fsp3) is 0.0667. The Kier molecular flexibility index (Phi) is 3.05. The van der Waals surface area contributed by atoms with Gasteiger partial charge in [0.1, 0.15) is 11.6 Å². The van der Waals surface area contributed by atoms with E-state index in [0.717, 1.165) is 33.1 Å². The molecule has 19 heavy (non-hydrogen) atoms. The van der Waals surface area contributed by atoms with Gasteiger partial charge in [0.15, 0.2) is 0 Å². The van der Waals surface area contributed by atoms with E-state index in [0.29, 0.717) is 0 Å². The van der Waals surface area contributed by atoms with Crippen LogP contribution in [0.3, 0.4) is 0 Å². The lowest BCUT2D eigenvalue weighted by Crippen LogP contribution is -1.96. The quantitative estimate of drug-likeness (QED) is 0.752. The van der Waals surface area contributed by atoms with Crippen molar-refractivity contribution in [1.82, 2.24) is 9.97 Å². The predicted molar refractivity (Wildman–Crippen MR) is 79.0 cm³/mol. The number of rotatable bonds is 2. The van der Waals surface area contributed by atoms with Gasteiger partial charge < -0.3 is 5.32 Å². The monoisotopic (exact) mass is 269 g/mol. The van der Waals surface area contributed by atoms with Gasteiger partial charge in [0.25, 0.3) is 0 Å². The summed E-state index contributed by atoms with van der Waals surface area (Å²) in [7, 11) is 0. The second-order valence-electron chi connectivity index (χ2n) is 4.38. The van der Waals surface area contributed by atoms with E-state index in [-0.39, 0.29) is 0 Å². The summed E-state index contributed by atoms with van der Waals surface area (Å²) in [5.74, 6) is 1.56. The van der Waals surface area contributed by atoms with Gasteiger partial charge in [0.2, 0.25) is 0 Å². The van der Waals surface area contributed by atoms with Crippen molar-refractivity contribution < 1.29 is 0 Å². The van der Waals surface area contributed by atoms with Crippen LogP contribution in [0.2, 0.25) is 5.02 Å². The number of aromatic nitrogens is 2. The van der Waals surface area contributed by atoms with Crippen molar-refractivity contribution in [3.63, 3.8) is 0 Å². The summed E-state index contributed by atoms with van der Waals surface area (Å²) in [6.07, 6.45) is 1.78. The lowest BCUT2D eigenvalue weighted by Gasteiger charge is -2.06. The Morgan fingerprint density at radius 2 is 1.89 bits per heavy atom. The summed E-state index contributed by atoms with van der Waals surface area (Å²) in [4.78, 5) is 8.79. The molecule has 0 aliphatic heterocycles. The Labute approximate surface area is 116 Å². The summed E-state index contributed by atoms with van der Waals surface area (Å²) in [5.41, 5.74) is 2.06. The molecule has 0 fully saturated rings. The van der Waals surface area contributed by atoms with Gasteiger partial charge in [0, 0.05) is 16.6 Å². The maximum absolute atomic E-state index is 5.95. The fourth-order valence-corrected chi connectivity index (χ4v) is 2.08. The Morgan fingerprint density at radius 3 is 2.74 bits per heavy atom. The third-order valence-electron chi connectivity index (χ3n) is 2.82. The molecule has 3 nitrogen and oxygen atoms in total. The fourth-order valence-electron chi connectivity index (χ4n) is 1.90. The van der Waals surface area contributed by atoms with Crippen molar-refractivity contribution in [2.24, 2.45) is 0 Å². The number of halogens is 1. The van der Waals surface area contributed by atoms with E-state index in [9.17, 15) is 0 Å². The molecule has 0 unspecified atom stereocenters. The molecular formula is C15H12ClN3. The van der Waals surface area contributed by atoms with Crippen LogP contribution in [0.15, 0.2) is 48.7 Å². The van der Waals surface area contributed by atoms with Gasteiger partial charge in [-0.15, -0.1) is 0 Å². The topological polar surface area (TPSA) is 37.8 Å². The van der Waals surface area contributed by atoms with Crippen LogP contribution >= 0.6 is 11.6 Å². The number of nitrogens with one attached hydrogen (secondary N) is 1. The van der Waals surface area contributed by atoms with Crippen LogP contribution in [0.4, 0.5) is 11.6 Å². The highest BCUT2D eigenvalue weighted by molar-refractivity contribution is 6.31. The molecule has 0 aliphatic carbocycles. The van der Waals surface area contributed by atoms with Gasteiger partial charge in [-0.3, -0.25) is 0 Å². The van der Waals surface area contributed by atoms with Crippen LogP contribution in [-0.2, 0) is 0 Å². The van der Waals surface area contributed by atoms with Crippen LogP contribution in [-0.4, -0.2) is 9.97 Å². The second-order valence-corrected chi connectivity index (χ2v) is 4.81. The molecule has 0 bridgehead atoms. The van der Waals surface area contributed by atoms with Gasteiger partial charge in [-0.05, 0) is 55.0 Å². The lowest BCUT2D eigenvalue weighted by atomic mass is 10.2. The van der Waals surface area contributed by atoms with Gasteiger partial charge in [-0.2, -0.15) is 0 Å². The number of pyridine rings is 2. The average Bonchev–Trinajstić information content (AvgIpc) is 2.39. The van der Waals surface area contributed by atoms with Crippen molar-refractivity contribution in [2.45, 2.75) is 6.92 Å². The van der Waals surface area contributed by atoms with Crippen molar-refractivity contribution in [1.29, 1.82) is 0 Å². The third kappa shape index (κ3) is 2.66. The molecule has 2 heterocycles. The minimum absolute atomic E-state index is 0.718. The summed E-state index contributed by atoms with van der Waals surface area (Å²) in [5, 5.41) is 4.94. The molecule has 0 amide bonds. The van der Waals surface area contributed by atoms with E-state index in [2.05, 4.69) is 15.3 Å². The van der Waals surface area contributed by atoms with E-state index < -0.39 is 0 Å². The van der Waals surface area contributed by atoms with E-state index in [1.165, 1.54) is 0 Å². The van der Waals surface area contributed by atoms with Crippen molar-refractivity contribution in [3.8, 4) is 0 Å². The van der Waals surface area contributed by atoms with Crippen molar-refractivity contribution >= 4 is 34.1 Å². The normalized spacial score (nSPS) is 10.6. The first-order valence-electron chi connectivity index (χ1n) is 5.97. The highest BCUT2D eigenvalue weighted by Gasteiger charge is 2.01. The van der Waals surface area contributed by atoms with E-state index >= 15 is 0 Å². The number of benzene rings is 1. The second kappa shape index (κ2) is 4.86. The van der Waals surface area contributed by atoms with Gasteiger partial charge in [0.05, 0.1) is 5.52 Å².